The molecule has 4 rings (SSSR count). The van der Waals surface area contributed by atoms with Crippen molar-refractivity contribution in [1.82, 2.24) is 14.9 Å². The smallest absolute Gasteiger partial charge is 0.267 e. The van der Waals surface area contributed by atoms with Crippen LogP contribution < -0.4 is 10.9 Å². The molecule has 1 aliphatic carbocycles. The van der Waals surface area contributed by atoms with Crippen molar-refractivity contribution in [2.45, 2.75) is 50.7 Å². The van der Waals surface area contributed by atoms with Crippen LogP contribution in [0.15, 0.2) is 34.2 Å². The second-order valence-electron chi connectivity index (χ2n) is 7.41. The van der Waals surface area contributed by atoms with Crippen molar-refractivity contribution in [2.24, 2.45) is 0 Å². The Morgan fingerprint density at radius 1 is 1.28 bits per heavy atom. The van der Waals surface area contributed by atoms with Crippen LogP contribution in [-0.4, -0.2) is 27.3 Å². The highest BCUT2D eigenvalue weighted by molar-refractivity contribution is 7.99. The largest absolute Gasteiger partial charge is 0.353 e. The Morgan fingerprint density at radius 2 is 2.00 bits per heavy atom. The lowest BCUT2D eigenvalue weighted by molar-refractivity contribution is -0.119. The highest BCUT2D eigenvalue weighted by Crippen LogP contribution is 2.35. The highest BCUT2D eigenvalue weighted by atomic mass is 35.5. The average Bonchev–Trinajstić information content (AvgIpc) is 3.05. The molecule has 0 saturated carbocycles. The van der Waals surface area contributed by atoms with Gasteiger partial charge in [-0.3, -0.25) is 14.2 Å². The SMILES string of the molecule is CC(C)NC(=O)CSc1nc2sc3c(c2c(=O)n1-c1ccc(Cl)cc1)CCCC3. The topological polar surface area (TPSA) is 64.0 Å². The maximum Gasteiger partial charge on any atom is 0.267 e. The van der Waals surface area contributed by atoms with Crippen LogP contribution in [0.5, 0.6) is 0 Å². The molecule has 1 aliphatic rings. The molecule has 152 valence electrons. The first kappa shape index (κ1) is 20.4. The number of aryl methyl sites for hydroxylation is 2. The standard InChI is InChI=1S/C21H22ClN3O2S2/c1-12(2)23-17(26)11-28-21-24-19-18(15-5-3-4-6-16(15)29-19)20(27)25(21)14-9-7-13(22)8-10-14/h7-10,12H,3-6,11H2,1-2H3,(H,23,26). The minimum atomic E-state index is -0.0764. The summed E-state index contributed by atoms with van der Waals surface area (Å²) in [6.07, 6.45) is 4.19. The minimum absolute atomic E-state index is 0.0662. The number of rotatable bonds is 5. The van der Waals surface area contributed by atoms with E-state index in [1.165, 1.54) is 16.6 Å². The first-order valence-corrected chi connectivity index (χ1v) is 11.9. The number of carbonyl (C=O) groups is 1. The van der Waals surface area contributed by atoms with Gasteiger partial charge in [0.05, 0.1) is 16.8 Å². The number of thiophene rings is 1. The summed E-state index contributed by atoms with van der Waals surface area (Å²) in [7, 11) is 0. The normalized spacial score (nSPS) is 13.7. The van der Waals surface area contributed by atoms with Gasteiger partial charge in [-0.1, -0.05) is 23.4 Å². The molecule has 1 amide bonds. The molecule has 0 radical (unpaired) electrons. The van der Waals surface area contributed by atoms with E-state index in [2.05, 4.69) is 5.32 Å². The maximum atomic E-state index is 13.6. The Kier molecular flexibility index (Phi) is 5.99. The molecule has 0 spiro atoms. The first-order chi connectivity index (χ1) is 13.9. The molecule has 2 heterocycles. The van der Waals surface area contributed by atoms with E-state index < -0.39 is 0 Å². The van der Waals surface area contributed by atoms with Crippen LogP contribution in [0, 0.1) is 0 Å². The third-order valence-electron chi connectivity index (χ3n) is 4.83. The van der Waals surface area contributed by atoms with E-state index in [-0.39, 0.29) is 23.3 Å². The lowest BCUT2D eigenvalue weighted by atomic mass is 9.97. The lowest BCUT2D eigenvalue weighted by Crippen LogP contribution is -2.32. The quantitative estimate of drug-likeness (QED) is 0.458. The van der Waals surface area contributed by atoms with Crippen LogP contribution in [0.4, 0.5) is 0 Å². The molecule has 8 heteroatoms. The van der Waals surface area contributed by atoms with Gasteiger partial charge in [-0.05, 0) is 69.4 Å². The van der Waals surface area contributed by atoms with Gasteiger partial charge in [0.2, 0.25) is 5.91 Å². The Morgan fingerprint density at radius 3 is 2.72 bits per heavy atom. The zero-order chi connectivity index (χ0) is 20.5. The maximum absolute atomic E-state index is 13.6. The van der Waals surface area contributed by atoms with Crippen molar-refractivity contribution in [1.29, 1.82) is 0 Å². The minimum Gasteiger partial charge on any atom is -0.353 e. The number of hydrogen-bond donors (Lipinski definition) is 1. The van der Waals surface area contributed by atoms with Gasteiger partial charge in [-0.25, -0.2) is 4.98 Å². The number of nitrogens with one attached hydrogen (secondary N) is 1. The summed E-state index contributed by atoms with van der Waals surface area (Å²) < 4.78 is 1.62. The average molecular weight is 448 g/mol. The van der Waals surface area contributed by atoms with Crippen molar-refractivity contribution in [3.8, 4) is 5.69 Å². The summed E-state index contributed by atoms with van der Waals surface area (Å²) >= 11 is 8.95. The predicted octanol–water partition coefficient (Wildman–Crippen LogP) is 4.60. The van der Waals surface area contributed by atoms with E-state index in [1.807, 2.05) is 26.0 Å². The molecule has 2 aromatic heterocycles. The Bertz CT molecular complexity index is 1120. The number of benzene rings is 1. The van der Waals surface area contributed by atoms with Crippen molar-refractivity contribution in [3.05, 3.63) is 50.1 Å². The van der Waals surface area contributed by atoms with Gasteiger partial charge in [0.15, 0.2) is 5.16 Å². The summed E-state index contributed by atoms with van der Waals surface area (Å²) in [5.41, 5.74) is 1.80. The van der Waals surface area contributed by atoms with Crippen molar-refractivity contribution in [3.63, 3.8) is 0 Å². The molecular formula is C21H22ClN3O2S2. The number of thioether (sulfide) groups is 1. The number of amides is 1. The summed E-state index contributed by atoms with van der Waals surface area (Å²) in [5, 5.41) is 4.75. The molecule has 0 unspecified atom stereocenters. The summed E-state index contributed by atoms with van der Waals surface area (Å²) in [5.74, 6) is 0.127. The molecule has 0 aliphatic heterocycles. The summed E-state index contributed by atoms with van der Waals surface area (Å²) in [6.45, 7) is 3.85. The van der Waals surface area contributed by atoms with Crippen LogP contribution in [0.2, 0.25) is 5.02 Å². The Balaban J connectivity index is 1.83. The second kappa shape index (κ2) is 8.50. The van der Waals surface area contributed by atoms with E-state index >= 15 is 0 Å². The first-order valence-electron chi connectivity index (χ1n) is 9.69. The second-order valence-corrected chi connectivity index (χ2v) is 9.88. The van der Waals surface area contributed by atoms with Gasteiger partial charge in [-0.15, -0.1) is 11.3 Å². The number of halogens is 1. The van der Waals surface area contributed by atoms with Crippen molar-refractivity contribution >= 4 is 50.8 Å². The van der Waals surface area contributed by atoms with Crippen LogP contribution in [-0.2, 0) is 17.6 Å². The lowest BCUT2D eigenvalue weighted by Gasteiger charge is -2.14. The van der Waals surface area contributed by atoms with E-state index in [1.54, 1.807) is 28.0 Å². The zero-order valence-corrected chi connectivity index (χ0v) is 18.7. The number of aromatic nitrogens is 2. The fraction of sp³-hybridized carbons (Fsp3) is 0.381. The molecule has 5 nitrogen and oxygen atoms in total. The van der Waals surface area contributed by atoms with E-state index in [9.17, 15) is 9.59 Å². The fourth-order valence-electron chi connectivity index (χ4n) is 3.59. The summed E-state index contributed by atoms with van der Waals surface area (Å²) in [4.78, 5) is 32.6. The van der Waals surface area contributed by atoms with Gasteiger partial charge in [0, 0.05) is 15.9 Å². The molecule has 3 aromatic rings. The van der Waals surface area contributed by atoms with Crippen LogP contribution in [0.1, 0.15) is 37.1 Å². The van der Waals surface area contributed by atoms with Gasteiger partial charge < -0.3 is 5.32 Å². The zero-order valence-electron chi connectivity index (χ0n) is 16.3. The molecular weight excluding hydrogens is 426 g/mol. The van der Waals surface area contributed by atoms with Gasteiger partial charge in [-0.2, -0.15) is 0 Å². The van der Waals surface area contributed by atoms with E-state index in [4.69, 9.17) is 16.6 Å². The van der Waals surface area contributed by atoms with Crippen LogP contribution in [0.3, 0.4) is 0 Å². The van der Waals surface area contributed by atoms with Gasteiger partial charge >= 0.3 is 0 Å². The van der Waals surface area contributed by atoms with Gasteiger partial charge in [0.1, 0.15) is 4.83 Å². The molecule has 0 bridgehead atoms. The molecule has 0 atom stereocenters. The Hall–Kier alpha value is -1.83. The molecule has 0 saturated heterocycles. The number of carbonyl (C=O) groups excluding carboxylic acids is 1. The number of hydrogen-bond acceptors (Lipinski definition) is 5. The molecule has 1 aromatic carbocycles. The summed E-state index contributed by atoms with van der Waals surface area (Å²) in [6, 6.07) is 7.22. The van der Waals surface area contributed by atoms with E-state index in [0.717, 1.165) is 41.5 Å². The highest BCUT2D eigenvalue weighted by Gasteiger charge is 2.23. The molecule has 1 N–H and O–H groups in total. The van der Waals surface area contributed by atoms with Gasteiger partial charge in [0.25, 0.3) is 5.56 Å². The third-order valence-corrected chi connectivity index (χ3v) is 7.20. The van der Waals surface area contributed by atoms with Crippen LogP contribution in [0.25, 0.3) is 15.9 Å². The van der Waals surface area contributed by atoms with E-state index in [0.29, 0.717) is 15.9 Å². The number of fused-ring (bicyclic) bond motifs is 3. The molecule has 29 heavy (non-hydrogen) atoms. The molecule has 0 fully saturated rings. The fourth-order valence-corrected chi connectivity index (χ4v) is 5.85. The van der Waals surface area contributed by atoms with Crippen LogP contribution >= 0.6 is 34.7 Å². The van der Waals surface area contributed by atoms with Crippen molar-refractivity contribution in [2.75, 3.05) is 5.75 Å². The number of nitrogens with zero attached hydrogens (tertiary/aromatic N) is 2. The Labute approximate surface area is 182 Å². The monoisotopic (exact) mass is 447 g/mol. The third kappa shape index (κ3) is 4.22. The predicted molar refractivity (Wildman–Crippen MR) is 121 cm³/mol. The van der Waals surface area contributed by atoms with Crippen molar-refractivity contribution < 1.29 is 4.79 Å².